The fourth-order valence-corrected chi connectivity index (χ4v) is 2.15. The van der Waals surface area contributed by atoms with E-state index in [0.29, 0.717) is 13.1 Å². The molecule has 2 rings (SSSR count). The Balaban J connectivity index is 1.99. The maximum absolute atomic E-state index is 13.4. The summed E-state index contributed by atoms with van der Waals surface area (Å²) in [5, 5.41) is 8.99. The molecule has 0 bridgehead atoms. The smallest absolute Gasteiger partial charge is 0.227 e. The normalized spacial score (nSPS) is 19.3. The third-order valence-electron chi connectivity index (χ3n) is 3.25. The topological polar surface area (TPSA) is 40.5 Å². The lowest BCUT2D eigenvalue weighted by molar-refractivity contribution is -0.129. The molecule has 1 fully saturated rings. The van der Waals surface area contributed by atoms with Crippen LogP contribution < -0.4 is 0 Å². The Morgan fingerprint density at radius 2 is 2.22 bits per heavy atom. The lowest BCUT2D eigenvalue weighted by Crippen LogP contribution is -2.30. The van der Waals surface area contributed by atoms with Crippen molar-refractivity contribution in [3.63, 3.8) is 0 Å². The highest BCUT2D eigenvalue weighted by atomic mass is 19.1. The van der Waals surface area contributed by atoms with Crippen molar-refractivity contribution in [3.05, 3.63) is 35.4 Å². The average molecular weight is 255 g/mol. The Hall–Kier alpha value is -1.49. The van der Waals surface area contributed by atoms with E-state index in [1.165, 1.54) is 6.07 Å². The number of likely N-dealkylation sites (tertiary alicyclic amines) is 1. The van der Waals surface area contributed by atoms with Crippen molar-refractivity contribution in [1.82, 2.24) is 4.90 Å². The SMILES string of the molecule is O=C(Cc1ccc(F)cc1F)N1CCC(CO)C1. The molecule has 1 unspecified atom stereocenters. The van der Waals surface area contributed by atoms with Gasteiger partial charge in [0.25, 0.3) is 0 Å². The first-order valence-corrected chi connectivity index (χ1v) is 5.92. The number of benzene rings is 1. The number of aliphatic hydroxyl groups excluding tert-OH is 1. The van der Waals surface area contributed by atoms with Crippen LogP contribution in [-0.4, -0.2) is 35.6 Å². The van der Waals surface area contributed by atoms with Gasteiger partial charge in [0.05, 0.1) is 6.42 Å². The zero-order valence-corrected chi connectivity index (χ0v) is 9.90. The predicted octanol–water partition coefficient (Wildman–Crippen LogP) is 1.35. The van der Waals surface area contributed by atoms with E-state index >= 15 is 0 Å². The molecule has 1 amide bonds. The van der Waals surface area contributed by atoms with Crippen LogP contribution in [0.25, 0.3) is 0 Å². The highest BCUT2D eigenvalue weighted by Gasteiger charge is 2.25. The molecule has 98 valence electrons. The van der Waals surface area contributed by atoms with Crippen LogP contribution in [0.15, 0.2) is 18.2 Å². The van der Waals surface area contributed by atoms with Crippen molar-refractivity contribution in [3.8, 4) is 0 Å². The minimum atomic E-state index is -0.693. The summed E-state index contributed by atoms with van der Waals surface area (Å²) in [4.78, 5) is 13.5. The van der Waals surface area contributed by atoms with Crippen LogP contribution in [-0.2, 0) is 11.2 Å². The molecule has 0 spiro atoms. The van der Waals surface area contributed by atoms with E-state index < -0.39 is 11.6 Å². The maximum Gasteiger partial charge on any atom is 0.227 e. The van der Waals surface area contributed by atoms with Gasteiger partial charge in [-0.2, -0.15) is 0 Å². The first-order chi connectivity index (χ1) is 8.60. The molecule has 1 aliphatic rings. The van der Waals surface area contributed by atoms with Crippen molar-refractivity contribution < 1.29 is 18.7 Å². The van der Waals surface area contributed by atoms with Gasteiger partial charge in [-0.05, 0) is 18.1 Å². The molecule has 1 N–H and O–H groups in total. The van der Waals surface area contributed by atoms with E-state index in [-0.39, 0.29) is 30.4 Å². The number of hydrogen-bond donors (Lipinski definition) is 1. The average Bonchev–Trinajstić information content (AvgIpc) is 2.81. The molecule has 1 aromatic rings. The van der Waals surface area contributed by atoms with Crippen LogP contribution in [0.4, 0.5) is 8.78 Å². The highest BCUT2D eigenvalue weighted by molar-refractivity contribution is 5.79. The Labute approximate surface area is 104 Å². The number of nitrogens with zero attached hydrogens (tertiary/aromatic N) is 1. The number of halogens is 2. The summed E-state index contributed by atoms with van der Waals surface area (Å²) < 4.78 is 26.1. The van der Waals surface area contributed by atoms with Gasteiger partial charge in [-0.15, -0.1) is 0 Å². The van der Waals surface area contributed by atoms with Crippen molar-refractivity contribution in [1.29, 1.82) is 0 Å². The van der Waals surface area contributed by atoms with E-state index in [4.69, 9.17) is 5.11 Å². The lowest BCUT2D eigenvalue weighted by atomic mass is 10.1. The van der Waals surface area contributed by atoms with E-state index in [9.17, 15) is 13.6 Å². The molecule has 1 aromatic carbocycles. The highest BCUT2D eigenvalue weighted by Crippen LogP contribution is 2.18. The van der Waals surface area contributed by atoms with E-state index in [2.05, 4.69) is 0 Å². The second-order valence-electron chi connectivity index (χ2n) is 4.59. The summed E-state index contributed by atoms with van der Waals surface area (Å²) in [6.07, 6.45) is 0.707. The second kappa shape index (κ2) is 5.44. The summed E-state index contributed by atoms with van der Waals surface area (Å²) in [6.45, 7) is 1.17. The van der Waals surface area contributed by atoms with Crippen LogP contribution in [0, 0.1) is 17.6 Å². The van der Waals surface area contributed by atoms with Gasteiger partial charge in [0, 0.05) is 31.7 Å². The predicted molar refractivity (Wildman–Crippen MR) is 61.8 cm³/mol. The maximum atomic E-state index is 13.4. The third-order valence-corrected chi connectivity index (χ3v) is 3.25. The zero-order valence-electron chi connectivity index (χ0n) is 9.90. The van der Waals surface area contributed by atoms with Gasteiger partial charge < -0.3 is 10.0 Å². The molecule has 1 aliphatic heterocycles. The largest absolute Gasteiger partial charge is 0.396 e. The quantitative estimate of drug-likeness (QED) is 0.885. The van der Waals surface area contributed by atoms with Gasteiger partial charge >= 0.3 is 0 Å². The zero-order chi connectivity index (χ0) is 13.1. The van der Waals surface area contributed by atoms with Crippen molar-refractivity contribution in [2.75, 3.05) is 19.7 Å². The Morgan fingerprint density at radius 3 is 2.83 bits per heavy atom. The molecule has 5 heteroatoms. The number of rotatable bonds is 3. The van der Waals surface area contributed by atoms with Crippen LogP contribution in [0.3, 0.4) is 0 Å². The molecule has 1 heterocycles. The number of hydrogen-bond acceptors (Lipinski definition) is 2. The molecule has 1 atom stereocenters. The first kappa shape index (κ1) is 13.0. The van der Waals surface area contributed by atoms with Gasteiger partial charge in [-0.25, -0.2) is 8.78 Å². The molecular weight excluding hydrogens is 240 g/mol. The number of carbonyl (C=O) groups is 1. The van der Waals surface area contributed by atoms with Gasteiger partial charge in [0.15, 0.2) is 0 Å². The van der Waals surface area contributed by atoms with E-state index in [1.54, 1.807) is 4.90 Å². The van der Waals surface area contributed by atoms with Crippen LogP contribution >= 0.6 is 0 Å². The summed E-state index contributed by atoms with van der Waals surface area (Å²) in [5.41, 5.74) is 0.203. The molecule has 1 saturated heterocycles. The van der Waals surface area contributed by atoms with Crippen molar-refractivity contribution in [2.24, 2.45) is 5.92 Å². The Bertz CT molecular complexity index is 451. The molecule has 0 aromatic heterocycles. The second-order valence-corrected chi connectivity index (χ2v) is 4.59. The standard InChI is InChI=1S/C13H15F2NO2/c14-11-2-1-10(12(15)6-11)5-13(18)16-4-3-9(7-16)8-17/h1-2,6,9,17H,3-5,7-8H2. The van der Waals surface area contributed by atoms with Crippen LogP contribution in [0.5, 0.6) is 0 Å². The van der Waals surface area contributed by atoms with E-state index in [0.717, 1.165) is 18.6 Å². The summed E-state index contributed by atoms with van der Waals surface area (Å²) in [5.74, 6) is -1.41. The minimum Gasteiger partial charge on any atom is -0.396 e. The molecule has 18 heavy (non-hydrogen) atoms. The fourth-order valence-electron chi connectivity index (χ4n) is 2.15. The van der Waals surface area contributed by atoms with Gasteiger partial charge in [0.2, 0.25) is 5.91 Å². The first-order valence-electron chi connectivity index (χ1n) is 5.92. The number of carbonyl (C=O) groups excluding carboxylic acids is 1. The third kappa shape index (κ3) is 2.85. The van der Waals surface area contributed by atoms with Gasteiger partial charge in [0.1, 0.15) is 11.6 Å². The summed E-state index contributed by atoms with van der Waals surface area (Å²) >= 11 is 0. The summed E-state index contributed by atoms with van der Waals surface area (Å²) in [6, 6.07) is 3.22. The summed E-state index contributed by atoms with van der Waals surface area (Å²) in [7, 11) is 0. The van der Waals surface area contributed by atoms with Gasteiger partial charge in [-0.3, -0.25) is 4.79 Å². The molecule has 0 radical (unpaired) electrons. The lowest BCUT2D eigenvalue weighted by Gasteiger charge is -2.16. The van der Waals surface area contributed by atoms with Gasteiger partial charge in [-0.1, -0.05) is 6.07 Å². The fraction of sp³-hybridized carbons (Fsp3) is 0.462. The molecule has 0 aliphatic carbocycles. The molecular formula is C13H15F2NO2. The molecule has 3 nitrogen and oxygen atoms in total. The van der Waals surface area contributed by atoms with Crippen LogP contribution in [0.2, 0.25) is 0 Å². The van der Waals surface area contributed by atoms with E-state index in [1.807, 2.05) is 0 Å². The number of amides is 1. The van der Waals surface area contributed by atoms with Crippen molar-refractivity contribution in [2.45, 2.75) is 12.8 Å². The molecule has 0 saturated carbocycles. The van der Waals surface area contributed by atoms with Crippen LogP contribution in [0.1, 0.15) is 12.0 Å². The minimum absolute atomic E-state index is 0.0642. The Kier molecular flexibility index (Phi) is 3.91. The Morgan fingerprint density at radius 1 is 1.44 bits per heavy atom. The number of aliphatic hydroxyl groups is 1. The van der Waals surface area contributed by atoms with Crippen molar-refractivity contribution >= 4 is 5.91 Å². The monoisotopic (exact) mass is 255 g/mol.